The van der Waals surface area contributed by atoms with Crippen LogP contribution in [0, 0.1) is 11.8 Å². The number of anilines is 1. The van der Waals surface area contributed by atoms with Gasteiger partial charge in [-0.2, -0.15) is 0 Å². The molecule has 1 unspecified atom stereocenters. The van der Waals surface area contributed by atoms with Gasteiger partial charge >= 0.3 is 0 Å². The number of piperidine rings is 3. The average molecular weight is 342 g/mol. The van der Waals surface area contributed by atoms with E-state index in [4.69, 9.17) is 5.11 Å². The van der Waals surface area contributed by atoms with Gasteiger partial charge in [-0.15, -0.1) is 5.10 Å². The number of quaternary nitrogens is 1. The summed E-state index contributed by atoms with van der Waals surface area (Å²) >= 11 is 0. The highest BCUT2D eigenvalue weighted by molar-refractivity contribution is 5.92. The normalized spacial score (nSPS) is 28.0. The fourth-order valence-electron chi connectivity index (χ4n) is 4.30. The Labute approximate surface area is 146 Å². The van der Waals surface area contributed by atoms with E-state index >= 15 is 0 Å². The molecule has 25 heavy (non-hydrogen) atoms. The van der Waals surface area contributed by atoms with Gasteiger partial charge in [0.25, 0.3) is 0 Å². The predicted molar refractivity (Wildman–Crippen MR) is 91.7 cm³/mol. The summed E-state index contributed by atoms with van der Waals surface area (Å²) < 4.78 is 1.82. The highest BCUT2D eigenvalue weighted by Crippen LogP contribution is 2.28. The Morgan fingerprint density at radius 2 is 2.20 bits per heavy atom. The van der Waals surface area contributed by atoms with E-state index in [0.29, 0.717) is 17.7 Å². The predicted octanol–water partition coefficient (Wildman–Crippen LogP) is -0.298. The van der Waals surface area contributed by atoms with Crippen LogP contribution in [0.25, 0.3) is 0 Å². The second kappa shape index (κ2) is 6.93. The first-order chi connectivity index (χ1) is 12.2. The van der Waals surface area contributed by atoms with Crippen LogP contribution < -0.4 is 10.2 Å². The summed E-state index contributed by atoms with van der Waals surface area (Å²) in [7, 11) is 0. The topological polar surface area (TPSA) is 84.5 Å². The van der Waals surface area contributed by atoms with Crippen LogP contribution in [0.3, 0.4) is 0 Å². The third-order valence-electron chi connectivity index (χ3n) is 5.59. The Bertz CT molecular complexity index is 732. The lowest BCUT2D eigenvalue weighted by atomic mass is 9.75. The fourth-order valence-corrected chi connectivity index (χ4v) is 4.30. The maximum absolute atomic E-state index is 12.7. The molecule has 3 aliphatic rings. The van der Waals surface area contributed by atoms with E-state index in [1.54, 1.807) is 0 Å². The van der Waals surface area contributed by atoms with Gasteiger partial charge in [0.1, 0.15) is 11.7 Å². The maximum Gasteiger partial charge on any atom is 0.233 e. The quantitative estimate of drug-likeness (QED) is 0.697. The van der Waals surface area contributed by atoms with Gasteiger partial charge in [-0.25, -0.2) is 4.68 Å². The first kappa shape index (κ1) is 16.2. The minimum atomic E-state index is -0.0778. The van der Waals surface area contributed by atoms with Crippen LogP contribution in [-0.4, -0.2) is 45.1 Å². The van der Waals surface area contributed by atoms with Crippen molar-refractivity contribution >= 4 is 11.6 Å². The van der Waals surface area contributed by atoms with Gasteiger partial charge in [-0.3, -0.25) is 4.79 Å². The molecule has 0 radical (unpaired) electrons. The number of aromatic nitrogens is 3. The maximum atomic E-state index is 12.7. The molecule has 0 aliphatic carbocycles. The number of aliphatic hydroxyl groups excluding tert-OH is 1. The molecule has 1 amide bonds. The van der Waals surface area contributed by atoms with Crippen LogP contribution in [0.5, 0.6) is 0 Å². The molecule has 0 spiro atoms. The summed E-state index contributed by atoms with van der Waals surface area (Å²) in [4.78, 5) is 14.2. The Morgan fingerprint density at radius 1 is 1.36 bits per heavy atom. The molecule has 132 valence electrons. The second-order valence-electron chi connectivity index (χ2n) is 7.15. The smallest absolute Gasteiger partial charge is 0.233 e. The highest BCUT2D eigenvalue weighted by Gasteiger charge is 2.46. The summed E-state index contributed by atoms with van der Waals surface area (Å²) in [6.45, 7) is 2.72. The van der Waals surface area contributed by atoms with Gasteiger partial charge in [-0.1, -0.05) is 23.4 Å². The molecule has 5 rings (SSSR count). The van der Waals surface area contributed by atoms with Crippen molar-refractivity contribution in [2.24, 2.45) is 11.8 Å². The summed E-state index contributed by atoms with van der Waals surface area (Å²) in [5.41, 5.74) is 1.47. The number of amides is 1. The molecule has 4 atom stereocenters. The van der Waals surface area contributed by atoms with Crippen molar-refractivity contribution in [3.05, 3.63) is 42.2 Å². The summed E-state index contributed by atoms with van der Waals surface area (Å²) in [5, 5.41) is 20.2. The number of rotatable bonds is 5. The zero-order chi connectivity index (χ0) is 17.2. The van der Waals surface area contributed by atoms with E-state index in [9.17, 15) is 4.79 Å². The number of para-hydroxylation sites is 1. The average Bonchev–Trinajstić information content (AvgIpc) is 3.10. The SMILES string of the molecule is O=C(Nc1ccccc1)[C@H]1C[NH+]2CC[C@H]1C[C@@H]2Cn1cc(CO)nn1. The summed E-state index contributed by atoms with van der Waals surface area (Å²) in [5.74, 6) is 0.672. The molecule has 3 fully saturated rings. The van der Waals surface area contributed by atoms with Gasteiger partial charge in [0.05, 0.1) is 38.4 Å². The zero-order valence-corrected chi connectivity index (χ0v) is 14.1. The number of nitrogens with zero attached hydrogens (tertiary/aromatic N) is 3. The Kier molecular flexibility index (Phi) is 4.50. The van der Waals surface area contributed by atoms with Crippen molar-refractivity contribution in [1.82, 2.24) is 15.0 Å². The Hall–Kier alpha value is -2.25. The number of nitrogens with one attached hydrogen (secondary N) is 2. The Morgan fingerprint density at radius 3 is 2.88 bits per heavy atom. The monoisotopic (exact) mass is 342 g/mol. The molecule has 4 heterocycles. The number of fused-ring (bicyclic) bond motifs is 3. The van der Waals surface area contributed by atoms with Crippen LogP contribution in [0.15, 0.2) is 36.5 Å². The van der Waals surface area contributed by atoms with Gasteiger partial charge in [0.2, 0.25) is 5.91 Å². The number of carbonyl (C=O) groups excluding carboxylic acids is 1. The van der Waals surface area contributed by atoms with Gasteiger partial charge in [0.15, 0.2) is 0 Å². The van der Waals surface area contributed by atoms with E-state index in [1.165, 1.54) is 4.90 Å². The molecule has 7 heteroatoms. The number of hydrogen-bond donors (Lipinski definition) is 3. The lowest BCUT2D eigenvalue weighted by Crippen LogP contribution is -3.20. The van der Waals surface area contributed by atoms with E-state index in [0.717, 1.165) is 38.2 Å². The summed E-state index contributed by atoms with van der Waals surface area (Å²) in [6, 6.07) is 10.1. The minimum Gasteiger partial charge on any atom is -0.390 e. The van der Waals surface area contributed by atoms with Crippen molar-refractivity contribution in [1.29, 1.82) is 0 Å². The third-order valence-corrected chi connectivity index (χ3v) is 5.59. The van der Waals surface area contributed by atoms with Crippen molar-refractivity contribution in [3.8, 4) is 0 Å². The molecule has 1 aromatic carbocycles. The van der Waals surface area contributed by atoms with E-state index in [-0.39, 0.29) is 18.4 Å². The fraction of sp³-hybridized carbons (Fsp3) is 0.500. The molecule has 3 saturated heterocycles. The standard InChI is InChI=1S/C18H23N5O2/c24-12-15-9-23(21-20-15)10-16-8-13-6-7-22(16)11-17(13)18(25)19-14-4-2-1-3-5-14/h1-5,9,13,16-17,24H,6-8,10-12H2,(H,19,25)/p+1/t13-,16+,17-/m0/s1. The summed E-state index contributed by atoms with van der Waals surface area (Å²) in [6.07, 6.45) is 3.96. The molecular formula is C18H24N5O2+. The lowest BCUT2D eigenvalue weighted by Gasteiger charge is -2.46. The van der Waals surface area contributed by atoms with Crippen LogP contribution >= 0.6 is 0 Å². The molecule has 3 aliphatic heterocycles. The third kappa shape index (κ3) is 3.43. The van der Waals surface area contributed by atoms with Gasteiger partial charge in [-0.05, 0) is 18.1 Å². The van der Waals surface area contributed by atoms with Crippen molar-refractivity contribution in [2.75, 3.05) is 18.4 Å². The van der Waals surface area contributed by atoms with Crippen molar-refractivity contribution < 1.29 is 14.8 Å². The molecule has 2 bridgehead atoms. The molecular weight excluding hydrogens is 318 g/mol. The van der Waals surface area contributed by atoms with Crippen LogP contribution in [0.1, 0.15) is 18.5 Å². The Balaban J connectivity index is 1.38. The van der Waals surface area contributed by atoms with Gasteiger partial charge in [0, 0.05) is 18.5 Å². The van der Waals surface area contributed by atoms with E-state index < -0.39 is 0 Å². The highest BCUT2D eigenvalue weighted by atomic mass is 16.3. The lowest BCUT2D eigenvalue weighted by molar-refractivity contribution is -0.945. The number of carbonyl (C=O) groups is 1. The number of hydrogen-bond acceptors (Lipinski definition) is 4. The molecule has 2 aromatic rings. The minimum absolute atomic E-state index is 0.0778. The van der Waals surface area contributed by atoms with Crippen molar-refractivity contribution in [2.45, 2.75) is 32.0 Å². The number of aliphatic hydroxyl groups is 1. The second-order valence-corrected chi connectivity index (χ2v) is 7.15. The molecule has 7 nitrogen and oxygen atoms in total. The van der Waals surface area contributed by atoms with Crippen LogP contribution in [-0.2, 0) is 17.9 Å². The van der Waals surface area contributed by atoms with Crippen LogP contribution in [0.4, 0.5) is 5.69 Å². The first-order valence-corrected chi connectivity index (χ1v) is 8.93. The van der Waals surface area contributed by atoms with Gasteiger partial charge < -0.3 is 15.3 Å². The number of benzene rings is 1. The molecule has 0 saturated carbocycles. The first-order valence-electron chi connectivity index (χ1n) is 8.93. The van der Waals surface area contributed by atoms with Crippen molar-refractivity contribution in [3.63, 3.8) is 0 Å². The zero-order valence-electron chi connectivity index (χ0n) is 14.1. The van der Waals surface area contributed by atoms with E-state index in [2.05, 4.69) is 15.6 Å². The van der Waals surface area contributed by atoms with E-state index in [1.807, 2.05) is 41.2 Å². The molecule has 1 aromatic heterocycles. The van der Waals surface area contributed by atoms with Crippen LogP contribution in [0.2, 0.25) is 0 Å². The largest absolute Gasteiger partial charge is 0.390 e. The molecule has 3 N–H and O–H groups in total.